The molecule has 0 spiro atoms. The molecule has 0 bridgehead atoms. The molecule has 1 aliphatic heterocycles. The Labute approximate surface area is 189 Å². The van der Waals surface area contributed by atoms with Crippen molar-refractivity contribution < 1.29 is 14.3 Å². The average Bonchev–Trinajstić information content (AvgIpc) is 2.81. The lowest BCUT2D eigenvalue weighted by molar-refractivity contribution is -0.138. The summed E-state index contributed by atoms with van der Waals surface area (Å²) in [6, 6.07) is 16.9. The zero-order valence-corrected chi connectivity index (χ0v) is 18.0. The number of aromatic nitrogens is 2. The predicted molar refractivity (Wildman–Crippen MR) is 124 cm³/mol. The molecular formula is C25H23N3O5. The van der Waals surface area contributed by atoms with Gasteiger partial charge in [-0.1, -0.05) is 55.1 Å². The van der Waals surface area contributed by atoms with Crippen LogP contribution >= 0.6 is 0 Å². The molecule has 1 aliphatic rings. The number of benzene rings is 2. The molecule has 168 valence electrons. The molecule has 4 rings (SSSR count). The van der Waals surface area contributed by atoms with Crippen LogP contribution in [0.1, 0.15) is 29.5 Å². The zero-order valence-electron chi connectivity index (χ0n) is 18.0. The number of hydrogen-bond acceptors (Lipinski definition) is 6. The van der Waals surface area contributed by atoms with E-state index >= 15 is 0 Å². The number of anilines is 1. The maximum absolute atomic E-state index is 12.9. The number of allylic oxidation sites excluding steroid dienone is 1. The highest BCUT2D eigenvalue weighted by molar-refractivity contribution is 5.94. The van der Waals surface area contributed by atoms with Crippen molar-refractivity contribution in [2.75, 3.05) is 11.9 Å². The van der Waals surface area contributed by atoms with E-state index in [1.165, 1.54) is 6.08 Å². The Morgan fingerprint density at radius 1 is 1.06 bits per heavy atom. The highest BCUT2D eigenvalue weighted by Gasteiger charge is 2.36. The maximum Gasteiger partial charge on any atom is 0.337 e. The van der Waals surface area contributed by atoms with E-state index in [1.54, 1.807) is 31.2 Å². The smallest absolute Gasteiger partial charge is 0.337 e. The minimum absolute atomic E-state index is 0.0312. The minimum atomic E-state index is -0.748. The normalized spacial score (nSPS) is 14.8. The second-order valence-corrected chi connectivity index (χ2v) is 7.52. The van der Waals surface area contributed by atoms with Gasteiger partial charge in [0.25, 0.3) is 5.56 Å². The maximum atomic E-state index is 12.9. The van der Waals surface area contributed by atoms with Crippen molar-refractivity contribution in [3.63, 3.8) is 0 Å². The highest BCUT2D eigenvalue weighted by Crippen LogP contribution is 2.39. The van der Waals surface area contributed by atoms with E-state index in [0.717, 1.165) is 5.56 Å². The number of aromatic amines is 2. The van der Waals surface area contributed by atoms with Crippen LogP contribution in [0.5, 0.6) is 5.75 Å². The van der Waals surface area contributed by atoms with Crippen LogP contribution in [-0.2, 0) is 16.1 Å². The van der Waals surface area contributed by atoms with E-state index in [-0.39, 0.29) is 23.6 Å². The van der Waals surface area contributed by atoms with Gasteiger partial charge in [-0.25, -0.2) is 9.59 Å². The number of carbonyl (C=O) groups excluding carboxylic acids is 1. The Bertz CT molecular complexity index is 1320. The first-order valence-electron chi connectivity index (χ1n) is 10.4. The number of H-pyrrole nitrogens is 2. The van der Waals surface area contributed by atoms with E-state index in [4.69, 9.17) is 9.47 Å². The molecule has 33 heavy (non-hydrogen) atoms. The van der Waals surface area contributed by atoms with Crippen LogP contribution in [0.15, 0.2) is 88.1 Å². The summed E-state index contributed by atoms with van der Waals surface area (Å²) in [6.07, 6.45) is 1.47. The second kappa shape index (κ2) is 9.44. The van der Waals surface area contributed by atoms with E-state index in [0.29, 0.717) is 23.6 Å². The molecule has 0 unspecified atom stereocenters. The van der Waals surface area contributed by atoms with Gasteiger partial charge in [-0.3, -0.25) is 14.8 Å². The van der Waals surface area contributed by atoms with Crippen molar-refractivity contribution in [1.29, 1.82) is 0 Å². The van der Waals surface area contributed by atoms with Gasteiger partial charge < -0.3 is 14.8 Å². The summed E-state index contributed by atoms with van der Waals surface area (Å²) in [4.78, 5) is 42.3. The number of esters is 1. The fraction of sp³-hybridized carbons (Fsp3) is 0.160. The molecule has 8 nitrogen and oxygen atoms in total. The van der Waals surface area contributed by atoms with E-state index in [9.17, 15) is 14.4 Å². The molecule has 0 amide bonds. The van der Waals surface area contributed by atoms with E-state index in [1.807, 2.05) is 30.3 Å². The van der Waals surface area contributed by atoms with Crippen molar-refractivity contribution in [3.05, 3.63) is 116 Å². The third-order valence-corrected chi connectivity index (χ3v) is 5.29. The lowest BCUT2D eigenvalue weighted by atomic mass is 9.82. The van der Waals surface area contributed by atoms with Gasteiger partial charge in [-0.05, 0) is 30.2 Å². The summed E-state index contributed by atoms with van der Waals surface area (Å²) < 4.78 is 11.1. The van der Waals surface area contributed by atoms with E-state index < -0.39 is 23.1 Å². The first-order valence-corrected chi connectivity index (χ1v) is 10.4. The van der Waals surface area contributed by atoms with E-state index in [2.05, 4.69) is 21.9 Å². The third-order valence-electron chi connectivity index (χ3n) is 5.29. The lowest BCUT2D eigenvalue weighted by Gasteiger charge is -2.28. The van der Waals surface area contributed by atoms with Crippen molar-refractivity contribution in [3.8, 4) is 5.75 Å². The molecule has 3 N–H and O–H groups in total. The molecule has 0 saturated heterocycles. The first-order chi connectivity index (χ1) is 16.0. The number of fused-ring (bicyclic) bond motifs is 1. The predicted octanol–water partition coefficient (Wildman–Crippen LogP) is 3.20. The van der Waals surface area contributed by atoms with Gasteiger partial charge >= 0.3 is 11.7 Å². The fourth-order valence-corrected chi connectivity index (χ4v) is 3.80. The summed E-state index contributed by atoms with van der Waals surface area (Å²) in [7, 11) is 0. The van der Waals surface area contributed by atoms with Crippen molar-refractivity contribution in [1.82, 2.24) is 9.97 Å². The number of carbonyl (C=O) groups is 1. The van der Waals surface area contributed by atoms with Crippen LogP contribution in [0, 0.1) is 0 Å². The van der Waals surface area contributed by atoms with Gasteiger partial charge in [0, 0.05) is 5.70 Å². The summed E-state index contributed by atoms with van der Waals surface area (Å²) in [6.45, 7) is 5.70. The molecule has 3 aromatic rings. The monoisotopic (exact) mass is 445 g/mol. The summed E-state index contributed by atoms with van der Waals surface area (Å²) in [5, 5.41) is 2.95. The van der Waals surface area contributed by atoms with Gasteiger partial charge in [0.05, 0.1) is 17.1 Å². The number of nitrogens with one attached hydrogen (secondary N) is 3. The van der Waals surface area contributed by atoms with Gasteiger partial charge in [-0.2, -0.15) is 0 Å². The largest absolute Gasteiger partial charge is 0.489 e. The second-order valence-electron chi connectivity index (χ2n) is 7.52. The molecule has 0 saturated carbocycles. The first kappa shape index (κ1) is 21.9. The average molecular weight is 445 g/mol. The molecule has 2 heterocycles. The van der Waals surface area contributed by atoms with Crippen LogP contribution < -0.4 is 21.3 Å². The lowest BCUT2D eigenvalue weighted by Crippen LogP contribution is -2.35. The third kappa shape index (κ3) is 4.64. The molecule has 1 atom stereocenters. The number of hydrogen-bond donors (Lipinski definition) is 3. The van der Waals surface area contributed by atoms with Gasteiger partial charge in [0.15, 0.2) is 0 Å². The Balaban J connectivity index is 1.71. The molecule has 2 aromatic carbocycles. The fourth-order valence-electron chi connectivity index (χ4n) is 3.80. The molecular weight excluding hydrogens is 422 g/mol. The summed E-state index contributed by atoms with van der Waals surface area (Å²) in [5.74, 6) is -0.438. The van der Waals surface area contributed by atoms with Gasteiger partial charge in [-0.15, -0.1) is 0 Å². The topological polar surface area (TPSA) is 113 Å². The Morgan fingerprint density at radius 2 is 1.79 bits per heavy atom. The molecule has 0 aliphatic carbocycles. The molecule has 1 aromatic heterocycles. The van der Waals surface area contributed by atoms with Crippen LogP contribution in [0.3, 0.4) is 0 Å². The van der Waals surface area contributed by atoms with Crippen LogP contribution in [0.4, 0.5) is 5.82 Å². The van der Waals surface area contributed by atoms with Crippen LogP contribution in [0.25, 0.3) is 0 Å². The van der Waals surface area contributed by atoms with Crippen molar-refractivity contribution in [2.24, 2.45) is 0 Å². The Morgan fingerprint density at radius 3 is 2.48 bits per heavy atom. The molecule has 0 fully saturated rings. The quantitative estimate of drug-likeness (QED) is 0.380. The van der Waals surface area contributed by atoms with Crippen LogP contribution in [0.2, 0.25) is 0 Å². The van der Waals surface area contributed by atoms with Gasteiger partial charge in [0.2, 0.25) is 0 Å². The van der Waals surface area contributed by atoms with Crippen molar-refractivity contribution in [2.45, 2.75) is 19.4 Å². The molecule has 8 heteroatoms. The summed E-state index contributed by atoms with van der Waals surface area (Å²) >= 11 is 0. The van der Waals surface area contributed by atoms with Gasteiger partial charge in [0.1, 0.15) is 24.8 Å². The Hall–Kier alpha value is -4.33. The van der Waals surface area contributed by atoms with Crippen LogP contribution in [-0.4, -0.2) is 22.5 Å². The SMILES string of the molecule is C=CCOC(=O)C1=C(C)Nc2[nH]c(=O)[nH]c(=O)c2[C@@H]1c1ccc(OCc2ccccc2)cc1. The van der Waals surface area contributed by atoms with Crippen molar-refractivity contribution >= 4 is 11.8 Å². The number of ether oxygens (including phenoxy) is 2. The minimum Gasteiger partial charge on any atom is -0.489 e. The highest BCUT2D eigenvalue weighted by atomic mass is 16.5. The Kier molecular flexibility index (Phi) is 6.26. The summed E-state index contributed by atoms with van der Waals surface area (Å²) in [5.41, 5.74) is 1.47. The number of rotatable bonds is 7. The zero-order chi connectivity index (χ0) is 23.4. The molecule has 0 radical (unpaired) electrons. The standard InChI is InChI=1S/C25H23N3O5/c1-3-13-32-24(30)19-15(2)26-22-21(23(29)28-25(31)27-22)20(19)17-9-11-18(12-10-17)33-14-16-7-5-4-6-8-16/h3-12,20H,1,13-14H2,2H3,(H3,26,27,28,29,31)/t20-/m1/s1.